The topological polar surface area (TPSA) is 81.9 Å². The zero-order valence-electron chi connectivity index (χ0n) is 13.6. The summed E-state index contributed by atoms with van der Waals surface area (Å²) in [5, 5.41) is 19.7. The van der Waals surface area contributed by atoms with Crippen molar-refractivity contribution in [1.29, 1.82) is 5.26 Å². The molecule has 0 aliphatic heterocycles. The van der Waals surface area contributed by atoms with Crippen molar-refractivity contribution >= 4 is 16.6 Å². The van der Waals surface area contributed by atoms with E-state index in [1.54, 1.807) is 6.08 Å². The number of para-hydroxylation sites is 3. The van der Waals surface area contributed by atoms with Gasteiger partial charge in [0.25, 0.3) is 0 Å². The van der Waals surface area contributed by atoms with Crippen LogP contribution in [-0.4, -0.2) is 21.7 Å². The van der Waals surface area contributed by atoms with E-state index >= 15 is 0 Å². The highest BCUT2D eigenvalue weighted by Gasteiger charge is 2.14. The first kappa shape index (κ1) is 16.3. The molecular formula is C20H17N3O2. The molecule has 5 nitrogen and oxygen atoms in total. The second-order valence-electron chi connectivity index (χ2n) is 5.43. The van der Waals surface area contributed by atoms with Crippen LogP contribution in [0.1, 0.15) is 11.4 Å². The number of aromatic nitrogens is 2. The van der Waals surface area contributed by atoms with Crippen molar-refractivity contribution < 1.29 is 9.84 Å². The van der Waals surface area contributed by atoms with Crippen molar-refractivity contribution in [2.75, 3.05) is 6.61 Å². The maximum atomic E-state index is 10.3. The number of nitriles is 1. The number of imidazole rings is 1. The second kappa shape index (κ2) is 7.37. The SMILES string of the molecule is C=CCc1ccccc1OC/C(O)=C(\C#N)c1nc2ccccc2[nH]1. The number of allylic oxidation sites excluding steroid dienone is 2. The predicted octanol–water partition coefficient (Wildman–Crippen LogP) is 4.16. The molecule has 3 aromatic rings. The number of ether oxygens (including phenoxy) is 1. The molecule has 0 saturated heterocycles. The minimum absolute atomic E-state index is 0.0670. The number of rotatable bonds is 6. The van der Waals surface area contributed by atoms with Crippen LogP contribution in [0.25, 0.3) is 16.6 Å². The highest BCUT2D eigenvalue weighted by Crippen LogP contribution is 2.22. The summed E-state index contributed by atoms with van der Waals surface area (Å²) < 4.78 is 5.68. The van der Waals surface area contributed by atoms with E-state index in [1.165, 1.54) is 0 Å². The Bertz CT molecular complexity index is 947. The molecule has 0 unspecified atom stereocenters. The zero-order valence-corrected chi connectivity index (χ0v) is 13.6. The Morgan fingerprint density at radius 2 is 2.00 bits per heavy atom. The van der Waals surface area contributed by atoms with Gasteiger partial charge >= 0.3 is 0 Å². The van der Waals surface area contributed by atoms with Crippen LogP contribution in [0.5, 0.6) is 5.75 Å². The highest BCUT2D eigenvalue weighted by molar-refractivity contribution is 5.82. The van der Waals surface area contributed by atoms with Crippen LogP contribution in [0.15, 0.2) is 66.9 Å². The molecule has 2 N–H and O–H groups in total. The molecular weight excluding hydrogens is 314 g/mol. The van der Waals surface area contributed by atoms with Crippen molar-refractivity contribution in [3.63, 3.8) is 0 Å². The van der Waals surface area contributed by atoms with Crippen LogP contribution < -0.4 is 4.74 Å². The predicted molar refractivity (Wildman–Crippen MR) is 97.1 cm³/mol. The molecule has 0 fully saturated rings. The molecule has 0 aliphatic carbocycles. The quantitative estimate of drug-likeness (QED) is 0.403. The van der Waals surface area contributed by atoms with Gasteiger partial charge in [0.05, 0.1) is 11.0 Å². The van der Waals surface area contributed by atoms with Crippen molar-refractivity contribution in [2.24, 2.45) is 0 Å². The average Bonchev–Trinajstić information content (AvgIpc) is 3.05. The molecule has 2 aromatic carbocycles. The Balaban J connectivity index is 1.85. The summed E-state index contributed by atoms with van der Waals surface area (Å²) >= 11 is 0. The van der Waals surface area contributed by atoms with E-state index in [0.717, 1.165) is 16.6 Å². The van der Waals surface area contributed by atoms with Gasteiger partial charge in [0, 0.05) is 0 Å². The Morgan fingerprint density at radius 3 is 2.76 bits per heavy atom. The van der Waals surface area contributed by atoms with Crippen LogP contribution in [0.2, 0.25) is 0 Å². The summed E-state index contributed by atoms with van der Waals surface area (Å²) in [6, 6.07) is 16.9. The van der Waals surface area contributed by atoms with Crippen molar-refractivity contribution in [1.82, 2.24) is 9.97 Å². The first-order chi connectivity index (χ1) is 12.2. The first-order valence-corrected chi connectivity index (χ1v) is 7.82. The third-order valence-electron chi connectivity index (χ3n) is 3.73. The summed E-state index contributed by atoms with van der Waals surface area (Å²) in [6.45, 7) is 3.61. The van der Waals surface area contributed by atoms with Crippen molar-refractivity contribution in [3.8, 4) is 11.8 Å². The number of hydrogen-bond donors (Lipinski definition) is 2. The lowest BCUT2D eigenvalue weighted by Crippen LogP contribution is -2.05. The highest BCUT2D eigenvalue weighted by atomic mass is 16.5. The monoisotopic (exact) mass is 331 g/mol. The molecule has 0 saturated carbocycles. The number of benzene rings is 2. The summed E-state index contributed by atoms with van der Waals surface area (Å²) in [6.07, 6.45) is 2.45. The van der Waals surface area contributed by atoms with E-state index in [2.05, 4.69) is 16.5 Å². The van der Waals surface area contributed by atoms with Gasteiger partial charge in [-0.05, 0) is 30.2 Å². The lowest BCUT2D eigenvalue weighted by atomic mass is 10.1. The molecule has 0 amide bonds. The number of nitrogens with one attached hydrogen (secondary N) is 1. The molecule has 0 radical (unpaired) electrons. The van der Waals surface area contributed by atoms with Crippen LogP contribution >= 0.6 is 0 Å². The van der Waals surface area contributed by atoms with E-state index in [1.807, 2.05) is 54.6 Å². The number of aliphatic hydroxyl groups is 1. The normalized spacial score (nSPS) is 11.6. The third kappa shape index (κ3) is 3.54. The van der Waals surface area contributed by atoms with E-state index < -0.39 is 0 Å². The summed E-state index contributed by atoms with van der Waals surface area (Å²) in [5.74, 6) is 0.801. The molecule has 0 bridgehead atoms. The summed E-state index contributed by atoms with van der Waals surface area (Å²) in [4.78, 5) is 7.38. The fourth-order valence-corrected chi connectivity index (χ4v) is 2.51. The van der Waals surface area contributed by atoms with Crippen molar-refractivity contribution in [3.05, 3.63) is 78.3 Å². The minimum Gasteiger partial charge on any atom is -0.507 e. The molecule has 0 atom stereocenters. The van der Waals surface area contributed by atoms with Gasteiger partial charge in [-0.25, -0.2) is 4.98 Å². The van der Waals surface area contributed by atoms with Gasteiger partial charge in [-0.3, -0.25) is 0 Å². The number of aliphatic hydroxyl groups excluding tert-OH is 1. The molecule has 0 aliphatic rings. The third-order valence-corrected chi connectivity index (χ3v) is 3.73. The number of H-pyrrole nitrogens is 1. The van der Waals surface area contributed by atoms with Crippen molar-refractivity contribution in [2.45, 2.75) is 6.42 Å². The summed E-state index contributed by atoms with van der Waals surface area (Å²) in [5.41, 5.74) is 2.57. The summed E-state index contributed by atoms with van der Waals surface area (Å²) in [7, 11) is 0. The van der Waals surface area contributed by atoms with Gasteiger partial charge in [-0.1, -0.05) is 36.4 Å². The van der Waals surface area contributed by atoms with Gasteiger partial charge in [0.15, 0.2) is 11.6 Å². The second-order valence-corrected chi connectivity index (χ2v) is 5.43. The lowest BCUT2D eigenvalue weighted by molar-refractivity contribution is 0.271. The van der Waals surface area contributed by atoms with E-state index in [4.69, 9.17) is 4.74 Å². The standard InChI is InChI=1S/C20H17N3O2/c1-2-7-14-8-3-6-11-19(14)25-13-18(24)15(12-21)20-22-16-9-4-5-10-17(16)23-20/h2-6,8-11,24H,1,7,13H2,(H,22,23)/b18-15-. The van der Waals surface area contributed by atoms with Gasteiger partial charge in [0.1, 0.15) is 24.0 Å². The Kier molecular flexibility index (Phi) is 4.82. The largest absolute Gasteiger partial charge is 0.507 e. The van der Waals surface area contributed by atoms with Crippen LogP contribution in [0.3, 0.4) is 0 Å². The van der Waals surface area contributed by atoms with E-state index in [-0.39, 0.29) is 17.9 Å². The fraction of sp³-hybridized carbons (Fsp3) is 0.100. The number of nitrogens with zero attached hydrogens (tertiary/aromatic N) is 2. The van der Waals surface area contributed by atoms with Gasteiger partial charge in [-0.2, -0.15) is 5.26 Å². The molecule has 3 rings (SSSR count). The van der Waals surface area contributed by atoms with E-state index in [9.17, 15) is 10.4 Å². The van der Waals surface area contributed by atoms with Crippen LogP contribution in [0, 0.1) is 11.3 Å². The fourth-order valence-electron chi connectivity index (χ4n) is 2.51. The Hall–Kier alpha value is -3.52. The van der Waals surface area contributed by atoms with Gasteiger partial charge < -0.3 is 14.8 Å². The number of hydrogen-bond acceptors (Lipinski definition) is 4. The van der Waals surface area contributed by atoms with Crippen LogP contribution in [0.4, 0.5) is 0 Å². The Morgan fingerprint density at radius 1 is 1.24 bits per heavy atom. The average molecular weight is 331 g/mol. The molecule has 1 heterocycles. The maximum Gasteiger partial charge on any atom is 0.152 e. The van der Waals surface area contributed by atoms with Gasteiger partial charge in [-0.15, -0.1) is 6.58 Å². The van der Waals surface area contributed by atoms with E-state index in [0.29, 0.717) is 18.0 Å². The molecule has 25 heavy (non-hydrogen) atoms. The molecule has 1 aromatic heterocycles. The molecule has 5 heteroatoms. The van der Waals surface area contributed by atoms with Crippen LogP contribution in [-0.2, 0) is 6.42 Å². The Labute approximate surface area is 145 Å². The smallest absolute Gasteiger partial charge is 0.152 e. The zero-order chi connectivity index (χ0) is 17.6. The minimum atomic E-state index is -0.171. The first-order valence-electron chi connectivity index (χ1n) is 7.82. The maximum absolute atomic E-state index is 10.3. The number of fused-ring (bicyclic) bond motifs is 1. The van der Waals surface area contributed by atoms with Gasteiger partial charge in [0.2, 0.25) is 0 Å². The molecule has 124 valence electrons. The lowest BCUT2D eigenvalue weighted by Gasteiger charge is -2.10. The molecule has 0 spiro atoms. The number of aromatic amines is 1.